The largest absolute Gasteiger partial charge is 0.375 e. The Kier molecular flexibility index (Phi) is 8.05. The van der Waals surface area contributed by atoms with Crippen LogP contribution in [0.15, 0.2) is 66.1 Å². The van der Waals surface area contributed by atoms with Crippen LogP contribution in [0.25, 0.3) is 0 Å². The molecule has 0 saturated carbocycles. The number of hydrogen-bond donors (Lipinski definition) is 2. The molecule has 2 N–H and O–H groups in total. The lowest BCUT2D eigenvalue weighted by atomic mass is 10.2. The molecule has 3 rings (SSSR count). The van der Waals surface area contributed by atoms with Crippen LogP contribution < -0.4 is 15.5 Å². The first kappa shape index (κ1) is 22.4. The normalized spacial score (nSPS) is 10.5. The highest BCUT2D eigenvalue weighted by atomic mass is 32.2. The molecule has 0 aliphatic heterocycles. The molecule has 0 fully saturated rings. The topological polar surface area (TPSA) is 92.2 Å². The molecule has 3 aromatic rings. The summed E-state index contributed by atoms with van der Waals surface area (Å²) in [5, 5.41) is 14.1. The van der Waals surface area contributed by atoms with Crippen LogP contribution in [0.4, 0.5) is 11.4 Å². The molecule has 0 aliphatic carbocycles. The summed E-state index contributed by atoms with van der Waals surface area (Å²) >= 11 is 1.31. The molecule has 0 saturated heterocycles. The highest BCUT2D eigenvalue weighted by Gasteiger charge is 2.09. The molecular weight excluding hydrogens is 412 g/mol. The summed E-state index contributed by atoms with van der Waals surface area (Å²) < 4.78 is 1.76. The van der Waals surface area contributed by atoms with Gasteiger partial charge in [0, 0.05) is 44.1 Å². The van der Waals surface area contributed by atoms with E-state index in [9.17, 15) is 9.59 Å². The van der Waals surface area contributed by atoms with E-state index in [1.165, 1.54) is 11.8 Å². The zero-order valence-corrected chi connectivity index (χ0v) is 18.4. The van der Waals surface area contributed by atoms with Gasteiger partial charge in [-0.3, -0.25) is 9.59 Å². The minimum Gasteiger partial charge on any atom is -0.375 e. The fourth-order valence-electron chi connectivity index (χ4n) is 2.87. The summed E-state index contributed by atoms with van der Waals surface area (Å²) in [7, 11) is 3.86. The van der Waals surface area contributed by atoms with Crippen molar-refractivity contribution in [3.8, 4) is 0 Å². The van der Waals surface area contributed by atoms with Crippen LogP contribution in [-0.2, 0) is 11.8 Å². The molecule has 0 spiro atoms. The molecule has 1 heterocycles. The van der Waals surface area contributed by atoms with Gasteiger partial charge in [-0.2, -0.15) is 0 Å². The average molecular weight is 439 g/mol. The third kappa shape index (κ3) is 6.85. The zero-order chi connectivity index (χ0) is 22.1. The van der Waals surface area contributed by atoms with E-state index in [-0.39, 0.29) is 17.6 Å². The number of carbonyl (C=O) groups is 2. The Bertz CT molecular complexity index is 991. The lowest BCUT2D eigenvalue weighted by Gasteiger charge is -2.19. The summed E-state index contributed by atoms with van der Waals surface area (Å²) in [6.07, 6.45) is 2.43. The third-order valence-electron chi connectivity index (χ3n) is 4.59. The molecule has 8 nitrogen and oxygen atoms in total. The SMILES string of the molecule is CN(CCCNC(=O)c1ccc(NC(=O)CSc2nncn2C)cc1)c1ccccc1. The first-order valence-electron chi connectivity index (χ1n) is 9.94. The predicted octanol–water partition coefficient (Wildman–Crippen LogP) is 2.80. The number of carbonyl (C=O) groups excluding carboxylic acids is 2. The fourth-order valence-corrected chi connectivity index (χ4v) is 3.56. The van der Waals surface area contributed by atoms with E-state index in [0.717, 1.165) is 18.7 Å². The highest BCUT2D eigenvalue weighted by Crippen LogP contribution is 2.15. The standard InChI is InChI=1S/C22H26N6O2S/c1-27(19-7-4-3-5-8-19)14-6-13-23-21(30)17-9-11-18(12-10-17)25-20(29)15-31-22-26-24-16-28(22)2/h3-5,7-12,16H,6,13-15H2,1-2H3,(H,23,30)(H,25,29). The van der Waals surface area contributed by atoms with Crippen molar-refractivity contribution < 1.29 is 9.59 Å². The van der Waals surface area contributed by atoms with E-state index in [4.69, 9.17) is 0 Å². The molecule has 31 heavy (non-hydrogen) atoms. The maximum absolute atomic E-state index is 12.3. The van der Waals surface area contributed by atoms with Crippen molar-refractivity contribution in [3.05, 3.63) is 66.5 Å². The van der Waals surface area contributed by atoms with Crippen LogP contribution in [0.3, 0.4) is 0 Å². The van der Waals surface area contributed by atoms with Gasteiger partial charge in [-0.15, -0.1) is 10.2 Å². The Hall–Kier alpha value is -3.33. The molecule has 1 aromatic heterocycles. The molecule has 0 aliphatic rings. The summed E-state index contributed by atoms with van der Waals surface area (Å²) in [6, 6.07) is 17.0. The number of nitrogens with zero attached hydrogens (tertiary/aromatic N) is 4. The fraction of sp³-hybridized carbons (Fsp3) is 0.273. The summed E-state index contributed by atoms with van der Waals surface area (Å²) in [5.74, 6) is -0.0440. The van der Waals surface area contributed by atoms with Crippen LogP contribution in [0.1, 0.15) is 16.8 Å². The van der Waals surface area contributed by atoms with E-state index in [1.807, 2.05) is 32.3 Å². The lowest BCUT2D eigenvalue weighted by molar-refractivity contribution is -0.113. The quantitative estimate of drug-likeness (QED) is 0.374. The van der Waals surface area contributed by atoms with Gasteiger partial charge in [-0.25, -0.2) is 0 Å². The zero-order valence-electron chi connectivity index (χ0n) is 17.6. The molecule has 0 atom stereocenters. The molecule has 0 unspecified atom stereocenters. The third-order valence-corrected chi connectivity index (χ3v) is 5.62. The van der Waals surface area contributed by atoms with Crippen LogP contribution in [0.5, 0.6) is 0 Å². The van der Waals surface area contributed by atoms with Crippen molar-refractivity contribution in [1.82, 2.24) is 20.1 Å². The van der Waals surface area contributed by atoms with Crippen molar-refractivity contribution in [2.75, 3.05) is 36.1 Å². The van der Waals surface area contributed by atoms with Crippen LogP contribution >= 0.6 is 11.8 Å². The van der Waals surface area contributed by atoms with Crippen molar-refractivity contribution in [2.24, 2.45) is 7.05 Å². The van der Waals surface area contributed by atoms with E-state index >= 15 is 0 Å². The van der Waals surface area contributed by atoms with Gasteiger partial charge < -0.3 is 20.1 Å². The van der Waals surface area contributed by atoms with Gasteiger partial charge in [0.2, 0.25) is 5.91 Å². The molecule has 0 radical (unpaired) electrons. The van der Waals surface area contributed by atoms with E-state index in [1.54, 1.807) is 35.2 Å². The second kappa shape index (κ2) is 11.2. The Morgan fingerprint density at radius 1 is 1.10 bits per heavy atom. The summed E-state index contributed by atoms with van der Waals surface area (Å²) in [6.45, 7) is 1.44. The monoisotopic (exact) mass is 438 g/mol. The number of para-hydroxylation sites is 1. The molecule has 162 valence electrons. The second-order valence-electron chi connectivity index (χ2n) is 7.01. The predicted molar refractivity (Wildman–Crippen MR) is 123 cm³/mol. The number of aromatic nitrogens is 3. The molecule has 2 aromatic carbocycles. The van der Waals surface area contributed by atoms with E-state index < -0.39 is 0 Å². The Labute approximate surface area is 186 Å². The van der Waals surface area contributed by atoms with Gasteiger partial charge in [0.25, 0.3) is 5.91 Å². The number of hydrogen-bond acceptors (Lipinski definition) is 6. The second-order valence-corrected chi connectivity index (χ2v) is 7.95. The lowest BCUT2D eigenvalue weighted by Crippen LogP contribution is -2.28. The number of anilines is 2. The molecular formula is C22H26N6O2S. The number of benzene rings is 2. The van der Waals surface area contributed by atoms with Gasteiger partial charge in [0.15, 0.2) is 5.16 Å². The van der Waals surface area contributed by atoms with Crippen molar-refractivity contribution in [3.63, 3.8) is 0 Å². The highest BCUT2D eigenvalue weighted by molar-refractivity contribution is 7.99. The van der Waals surface area contributed by atoms with Crippen LogP contribution in [0.2, 0.25) is 0 Å². The van der Waals surface area contributed by atoms with Gasteiger partial charge in [-0.05, 0) is 42.8 Å². The number of rotatable bonds is 10. The van der Waals surface area contributed by atoms with Crippen molar-refractivity contribution in [2.45, 2.75) is 11.6 Å². The number of aryl methyl sites for hydroxylation is 1. The molecule has 0 bridgehead atoms. The Morgan fingerprint density at radius 3 is 2.52 bits per heavy atom. The van der Waals surface area contributed by atoms with E-state index in [2.05, 4.69) is 37.9 Å². The molecule has 9 heteroatoms. The maximum Gasteiger partial charge on any atom is 0.251 e. The van der Waals surface area contributed by atoms with Crippen molar-refractivity contribution in [1.29, 1.82) is 0 Å². The van der Waals surface area contributed by atoms with E-state index in [0.29, 0.717) is 23.0 Å². The minimum absolute atomic E-state index is 0.127. The Balaban J connectivity index is 1.38. The number of thioether (sulfide) groups is 1. The number of amides is 2. The van der Waals surface area contributed by atoms with Crippen LogP contribution in [-0.4, -0.2) is 52.5 Å². The summed E-state index contributed by atoms with van der Waals surface area (Å²) in [5.41, 5.74) is 2.36. The van der Waals surface area contributed by atoms with Gasteiger partial charge in [-0.1, -0.05) is 30.0 Å². The van der Waals surface area contributed by atoms with Crippen LogP contribution in [0, 0.1) is 0 Å². The summed E-state index contributed by atoms with van der Waals surface area (Å²) in [4.78, 5) is 26.6. The smallest absolute Gasteiger partial charge is 0.251 e. The maximum atomic E-state index is 12.3. The first-order chi connectivity index (χ1) is 15.0. The average Bonchev–Trinajstić information content (AvgIpc) is 3.20. The van der Waals surface area contributed by atoms with Crippen molar-refractivity contribution >= 4 is 35.0 Å². The van der Waals surface area contributed by atoms with Gasteiger partial charge >= 0.3 is 0 Å². The Morgan fingerprint density at radius 2 is 1.84 bits per heavy atom. The minimum atomic E-state index is -0.146. The molecule has 2 amide bonds. The first-order valence-corrected chi connectivity index (χ1v) is 10.9. The van der Waals surface area contributed by atoms with Gasteiger partial charge in [0.05, 0.1) is 5.75 Å². The van der Waals surface area contributed by atoms with Gasteiger partial charge in [0.1, 0.15) is 6.33 Å². The number of nitrogens with one attached hydrogen (secondary N) is 2.